The summed E-state index contributed by atoms with van der Waals surface area (Å²) in [6.45, 7) is 3.33. The number of hydrogen-bond acceptors (Lipinski definition) is 4. The number of thiophene rings is 1. The van der Waals surface area contributed by atoms with E-state index in [4.69, 9.17) is 9.72 Å². The van der Waals surface area contributed by atoms with Gasteiger partial charge in [0.1, 0.15) is 23.0 Å². The fourth-order valence-electron chi connectivity index (χ4n) is 3.81. The van der Waals surface area contributed by atoms with E-state index in [9.17, 15) is 4.79 Å². The van der Waals surface area contributed by atoms with Crippen LogP contribution in [0.5, 0.6) is 5.75 Å². The van der Waals surface area contributed by atoms with Crippen molar-refractivity contribution in [2.24, 2.45) is 0 Å². The summed E-state index contributed by atoms with van der Waals surface area (Å²) in [6, 6.07) is 20.2. The molecule has 0 fully saturated rings. The molecule has 0 amide bonds. The maximum atomic E-state index is 12.9. The number of ether oxygens (including phenoxy) is 1. The van der Waals surface area contributed by atoms with E-state index in [1.165, 1.54) is 4.88 Å². The molecule has 1 aliphatic heterocycles. The van der Waals surface area contributed by atoms with Crippen molar-refractivity contribution in [3.8, 4) is 5.75 Å². The Hall–Kier alpha value is -3.18. The highest BCUT2D eigenvalue weighted by Crippen LogP contribution is 2.30. The van der Waals surface area contributed by atoms with Crippen molar-refractivity contribution >= 4 is 33.2 Å². The van der Waals surface area contributed by atoms with Gasteiger partial charge in [-0.15, -0.1) is 11.3 Å². The molecule has 0 aliphatic carbocycles. The molecule has 0 N–H and O–H groups in total. The molecule has 4 aromatic rings. The van der Waals surface area contributed by atoms with Gasteiger partial charge >= 0.3 is 0 Å². The van der Waals surface area contributed by atoms with Gasteiger partial charge in [-0.1, -0.05) is 49.4 Å². The second kappa shape index (κ2) is 7.92. The van der Waals surface area contributed by atoms with Crippen molar-refractivity contribution in [3.05, 3.63) is 92.8 Å². The first-order valence-electron chi connectivity index (χ1n) is 10.2. The van der Waals surface area contributed by atoms with Crippen LogP contribution in [0.3, 0.4) is 0 Å². The molecule has 2 aromatic carbocycles. The van der Waals surface area contributed by atoms with Gasteiger partial charge in [0.25, 0.3) is 5.56 Å². The zero-order chi connectivity index (χ0) is 20.5. The van der Waals surface area contributed by atoms with Crippen LogP contribution in [0.25, 0.3) is 21.9 Å². The number of hydrogen-bond donors (Lipinski definition) is 0. The van der Waals surface area contributed by atoms with Crippen LogP contribution in [0, 0.1) is 0 Å². The van der Waals surface area contributed by atoms with Gasteiger partial charge in [-0.05, 0) is 53.8 Å². The number of rotatable bonds is 5. The standard InChI is InChI=1S/C25H22N2O2S/c1-2-21-15-22-24(30-21)26-23-19(11-12-27(23)25(22)28)13-18-9-6-10-20(14-18)29-16-17-7-4-3-5-8-17/h3-10,13-15H,2,11-12,16H2,1H3/b19-13+. The summed E-state index contributed by atoms with van der Waals surface area (Å²) in [5.74, 6) is 1.63. The topological polar surface area (TPSA) is 44.1 Å². The van der Waals surface area contributed by atoms with Crippen LogP contribution in [0.15, 0.2) is 65.5 Å². The molecule has 0 saturated heterocycles. The molecule has 2 aromatic heterocycles. The highest BCUT2D eigenvalue weighted by atomic mass is 32.1. The summed E-state index contributed by atoms with van der Waals surface area (Å²) in [5, 5.41) is 0.748. The third-order valence-electron chi connectivity index (χ3n) is 5.39. The Balaban J connectivity index is 1.44. The van der Waals surface area contributed by atoms with Crippen molar-refractivity contribution in [3.63, 3.8) is 0 Å². The Bertz CT molecular complexity index is 1300. The third-order valence-corrected chi connectivity index (χ3v) is 6.56. The molecular weight excluding hydrogens is 392 g/mol. The predicted octanol–water partition coefficient (Wildman–Crippen LogP) is 5.54. The Morgan fingerprint density at radius 1 is 1.13 bits per heavy atom. The number of benzene rings is 2. The van der Waals surface area contributed by atoms with Crippen LogP contribution in [0.1, 0.15) is 35.2 Å². The molecule has 150 valence electrons. The van der Waals surface area contributed by atoms with Crippen molar-refractivity contribution in [2.45, 2.75) is 32.9 Å². The van der Waals surface area contributed by atoms with Gasteiger partial charge in [-0.3, -0.25) is 9.36 Å². The highest BCUT2D eigenvalue weighted by Gasteiger charge is 2.22. The number of allylic oxidation sites excluding steroid dienone is 1. The number of aryl methyl sites for hydroxylation is 1. The first kappa shape index (κ1) is 18.8. The summed E-state index contributed by atoms with van der Waals surface area (Å²) >= 11 is 1.62. The van der Waals surface area contributed by atoms with E-state index in [2.05, 4.69) is 31.2 Å². The number of fused-ring (bicyclic) bond motifs is 2. The molecule has 5 heteroatoms. The summed E-state index contributed by atoms with van der Waals surface area (Å²) in [6.07, 6.45) is 3.87. The molecule has 1 aliphatic rings. The van der Waals surface area contributed by atoms with Gasteiger partial charge in [0.2, 0.25) is 0 Å². The monoisotopic (exact) mass is 414 g/mol. The van der Waals surface area contributed by atoms with E-state index in [0.29, 0.717) is 13.2 Å². The van der Waals surface area contributed by atoms with Gasteiger partial charge in [0.05, 0.1) is 5.39 Å². The summed E-state index contributed by atoms with van der Waals surface area (Å²) < 4.78 is 7.78. The van der Waals surface area contributed by atoms with Gasteiger partial charge in [-0.25, -0.2) is 4.98 Å². The SMILES string of the molecule is CCc1cc2c(=O)n3c(nc2s1)/C(=C/c1cccc(OCc2ccccc2)c1)CC3. The molecule has 0 unspecified atom stereocenters. The van der Waals surface area contributed by atoms with Crippen LogP contribution in [-0.4, -0.2) is 9.55 Å². The highest BCUT2D eigenvalue weighted by molar-refractivity contribution is 7.18. The van der Waals surface area contributed by atoms with E-state index >= 15 is 0 Å². The quantitative estimate of drug-likeness (QED) is 0.430. The van der Waals surface area contributed by atoms with E-state index < -0.39 is 0 Å². The van der Waals surface area contributed by atoms with Crippen molar-refractivity contribution in [1.82, 2.24) is 9.55 Å². The fraction of sp³-hybridized carbons (Fsp3) is 0.200. The maximum Gasteiger partial charge on any atom is 0.262 e. The lowest BCUT2D eigenvalue weighted by Crippen LogP contribution is -2.19. The normalized spacial score (nSPS) is 14.4. The minimum absolute atomic E-state index is 0.0781. The molecule has 3 heterocycles. The molecular formula is C25H22N2O2S. The molecule has 30 heavy (non-hydrogen) atoms. The smallest absolute Gasteiger partial charge is 0.262 e. The van der Waals surface area contributed by atoms with Crippen LogP contribution in [-0.2, 0) is 19.6 Å². The molecule has 0 bridgehead atoms. The molecule has 4 nitrogen and oxygen atoms in total. The van der Waals surface area contributed by atoms with Crippen LogP contribution >= 0.6 is 11.3 Å². The van der Waals surface area contributed by atoms with Crippen molar-refractivity contribution in [1.29, 1.82) is 0 Å². The fourth-order valence-corrected chi connectivity index (χ4v) is 4.77. The van der Waals surface area contributed by atoms with Gasteiger partial charge in [0, 0.05) is 11.4 Å². The minimum atomic E-state index is 0.0781. The second-order valence-electron chi connectivity index (χ2n) is 7.44. The Morgan fingerprint density at radius 2 is 2.00 bits per heavy atom. The summed E-state index contributed by atoms with van der Waals surface area (Å²) in [7, 11) is 0. The Morgan fingerprint density at radius 3 is 2.83 bits per heavy atom. The maximum absolute atomic E-state index is 12.9. The van der Waals surface area contributed by atoms with E-state index in [1.807, 2.05) is 47.0 Å². The predicted molar refractivity (Wildman–Crippen MR) is 123 cm³/mol. The van der Waals surface area contributed by atoms with Crippen LogP contribution in [0.2, 0.25) is 0 Å². The molecule has 5 rings (SSSR count). The first-order valence-corrected chi connectivity index (χ1v) is 11.0. The summed E-state index contributed by atoms with van der Waals surface area (Å²) in [5.41, 5.74) is 3.37. The zero-order valence-corrected chi connectivity index (χ0v) is 17.6. The van der Waals surface area contributed by atoms with Crippen LogP contribution < -0.4 is 10.3 Å². The summed E-state index contributed by atoms with van der Waals surface area (Å²) in [4.78, 5) is 19.8. The third kappa shape index (κ3) is 3.57. The molecule has 0 saturated carbocycles. The first-order chi connectivity index (χ1) is 14.7. The average molecular weight is 415 g/mol. The Kier molecular flexibility index (Phi) is 4.97. The van der Waals surface area contributed by atoms with E-state index in [0.717, 1.165) is 51.3 Å². The van der Waals surface area contributed by atoms with Crippen molar-refractivity contribution < 1.29 is 4.74 Å². The lowest BCUT2D eigenvalue weighted by Gasteiger charge is -2.07. The van der Waals surface area contributed by atoms with Crippen molar-refractivity contribution in [2.75, 3.05) is 0 Å². The molecule has 0 radical (unpaired) electrons. The van der Waals surface area contributed by atoms with Gasteiger partial charge in [-0.2, -0.15) is 0 Å². The van der Waals surface area contributed by atoms with Gasteiger partial charge in [0.15, 0.2) is 0 Å². The number of aromatic nitrogens is 2. The molecule has 0 spiro atoms. The molecule has 0 atom stereocenters. The van der Waals surface area contributed by atoms with Gasteiger partial charge < -0.3 is 4.74 Å². The van der Waals surface area contributed by atoms with E-state index in [1.54, 1.807) is 11.3 Å². The number of nitrogens with zero attached hydrogens (tertiary/aromatic N) is 2. The average Bonchev–Trinajstić information content (AvgIpc) is 3.38. The lowest BCUT2D eigenvalue weighted by molar-refractivity contribution is 0.306. The second-order valence-corrected chi connectivity index (χ2v) is 8.56. The lowest BCUT2D eigenvalue weighted by atomic mass is 10.1. The largest absolute Gasteiger partial charge is 0.489 e. The van der Waals surface area contributed by atoms with E-state index in [-0.39, 0.29) is 5.56 Å². The van der Waals surface area contributed by atoms with Crippen LogP contribution in [0.4, 0.5) is 0 Å². The minimum Gasteiger partial charge on any atom is -0.489 e. The Labute approximate surface area is 179 Å². The zero-order valence-electron chi connectivity index (χ0n) is 16.8.